The highest BCUT2D eigenvalue weighted by atomic mass is 35.5. The summed E-state index contributed by atoms with van der Waals surface area (Å²) in [6.45, 7) is 1.78. The van der Waals surface area contributed by atoms with Crippen molar-refractivity contribution in [3.63, 3.8) is 0 Å². The van der Waals surface area contributed by atoms with E-state index in [0.29, 0.717) is 22.9 Å². The van der Waals surface area contributed by atoms with Gasteiger partial charge in [0.1, 0.15) is 0 Å². The number of benzene rings is 1. The van der Waals surface area contributed by atoms with E-state index in [9.17, 15) is 5.11 Å². The van der Waals surface area contributed by atoms with Gasteiger partial charge in [-0.2, -0.15) is 0 Å². The molecule has 4 heteroatoms. The number of nitrogens with two attached hydrogens (primary N) is 1. The second-order valence-electron chi connectivity index (χ2n) is 3.68. The van der Waals surface area contributed by atoms with Crippen molar-refractivity contribution in [1.82, 2.24) is 0 Å². The first-order valence-corrected chi connectivity index (χ1v) is 5.64. The molecule has 15 heavy (non-hydrogen) atoms. The van der Waals surface area contributed by atoms with E-state index in [0.717, 1.165) is 5.56 Å². The Kier molecular flexibility index (Phi) is 4.87. The maximum atomic E-state index is 9.55. The lowest BCUT2D eigenvalue weighted by Gasteiger charge is -2.14. The third-order valence-electron chi connectivity index (χ3n) is 2.35. The third kappa shape index (κ3) is 3.65. The summed E-state index contributed by atoms with van der Waals surface area (Å²) >= 11 is 11.9. The first kappa shape index (κ1) is 12.8. The Morgan fingerprint density at radius 3 is 2.67 bits per heavy atom. The zero-order valence-corrected chi connectivity index (χ0v) is 10.1. The zero-order valence-electron chi connectivity index (χ0n) is 8.58. The van der Waals surface area contributed by atoms with E-state index in [4.69, 9.17) is 28.9 Å². The summed E-state index contributed by atoms with van der Waals surface area (Å²) < 4.78 is 0. The van der Waals surface area contributed by atoms with Crippen molar-refractivity contribution >= 4 is 23.2 Å². The molecule has 0 fully saturated rings. The number of halogens is 2. The van der Waals surface area contributed by atoms with Gasteiger partial charge in [-0.1, -0.05) is 35.3 Å². The van der Waals surface area contributed by atoms with Gasteiger partial charge in [-0.3, -0.25) is 0 Å². The number of hydrogen-bond acceptors (Lipinski definition) is 2. The summed E-state index contributed by atoms with van der Waals surface area (Å²) in [7, 11) is 0. The summed E-state index contributed by atoms with van der Waals surface area (Å²) in [4.78, 5) is 0. The third-order valence-corrected chi connectivity index (χ3v) is 3.21. The monoisotopic (exact) mass is 247 g/mol. The average molecular weight is 248 g/mol. The molecule has 0 spiro atoms. The number of hydrogen-bond donors (Lipinski definition) is 2. The molecule has 0 aliphatic heterocycles. The van der Waals surface area contributed by atoms with Crippen LogP contribution in [0.4, 0.5) is 0 Å². The minimum atomic E-state index is -0.500. The van der Waals surface area contributed by atoms with Gasteiger partial charge in [-0.15, -0.1) is 0 Å². The Bertz CT molecular complexity index is 328. The van der Waals surface area contributed by atoms with Gasteiger partial charge in [0.15, 0.2) is 0 Å². The Labute approximate surface area is 100.0 Å². The molecule has 0 radical (unpaired) electrons. The number of aryl methyl sites for hydroxylation is 1. The summed E-state index contributed by atoms with van der Waals surface area (Å²) in [5.41, 5.74) is 6.51. The SMILES string of the molecule is CC(N)C(O)CCc1cccc(Cl)c1Cl. The van der Waals surface area contributed by atoms with Crippen LogP contribution in [0.5, 0.6) is 0 Å². The molecule has 0 saturated heterocycles. The quantitative estimate of drug-likeness (QED) is 0.860. The molecule has 1 rings (SSSR count). The fourth-order valence-electron chi connectivity index (χ4n) is 1.31. The molecule has 0 heterocycles. The first-order chi connectivity index (χ1) is 7.02. The van der Waals surface area contributed by atoms with Crippen LogP contribution in [0.3, 0.4) is 0 Å². The van der Waals surface area contributed by atoms with Crippen molar-refractivity contribution < 1.29 is 5.11 Å². The van der Waals surface area contributed by atoms with Gasteiger partial charge in [0.05, 0.1) is 16.1 Å². The molecule has 0 aliphatic rings. The topological polar surface area (TPSA) is 46.2 Å². The molecular weight excluding hydrogens is 233 g/mol. The Morgan fingerprint density at radius 2 is 2.07 bits per heavy atom. The molecular formula is C11H15Cl2NO. The van der Waals surface area contributed by atoms with Gasteiger partial charge in [0.2, 0.25) is 0 Å². The van der Waals surface area contributed by atoms with Crippen LogP contribution < -0.4 is 5.73 Å². The van der Waals surface area contributed by atoms with E-state index < -0.39 is 6.10 Å². The molecule has 1 aromatic carbocycles. The predicted octanol–water partition coefficient (Wildman–Crippen LogP) is 2.63. The second-order valence-corrected chi connectivity index (χ2v) is 4.46. The van der Waals surface area contributed by atoms with Crippen molar-refractivity contribution in [3.8, 4) is 0 Å². The van der Waals surface area contributed by atoms with Gasteiger partial charge in [0, 0.05) is 6.04 Å². The van der Waals surface area contributed by atoms with Crippen LogP contribution in [0, 0.1) is 0 Å². The lowest BCUT2D eigenvalue weighted by atomic mass is 10.0. The number of rotatable bonds is 4. The fraction of sp³-hybridized carbons (Fsp3) is 0.455. The Hall–Kier alpha value is -0.280. The summed E-state index contributed by atoms with van der Waals surface area (Å²) in [5.74, 6) is 0. The molecule has 2 atom stereocenters. The van der Waals surface area contributed by atoms with E-state index >= 15 is 0 Å². The van der Waals surface area contributed by atoms with Gasteiger partial charge < -0.3 is 10.8 Å². The second kappa shape index (κ2) is 5.71. The molecule has 0 saturated carbocycles. The van der Waals surface area contributed by atoms with Crippen LogP contribution in [0.15, 0.2) is 18.2 Å². The van der Waals surface area contributed by atoms with Gasteiger partial charge in [-0.05, 0) is 31.4 Å². The predicted molar refractivity (Wildman–Crippen MR) is 64.4 cm³/mol. The molecule has 2 unspecified atom stereocenters. The van der Waals surface area contributed by atoms with Crippen LogP contribution in [-0.2, 0) is 6.42 Å². The average Bonchev–Trinajstić information content (AvgIpc) is 2.19. The highest BCUT2D eigenvalue weighted by Gasteiger charge is 2.11. The zero-order chi connectivity index (χ0) is 11.4. The van der Waals surface area contributed by atoms with E-state index in [-0.39, 0.29) is 6.04 Å². The van der Waals surface area contributed by atoms with Gasteiger partial charge >= 0.3 is 0 Å². The highest BCUT2D eigenvalue weighted by molar-refractivity contribution is 6.42. The van der Waals surface area contributed by atoms with Crippen molar-refractivity contribution in [3.05, 3.63) is 33.8 Å². The van der Waals surface area contributed by atoms with E-state index in [1.807, 2.05) is 12.1 Å². The summed E-state index contributed by atoms with van der Waals surface area (Å²) in [6.07, 6.45) is 0.778. The fourth-order valence-corrected chi connectivity index (χ4v) is 1.72. The first-order valence-electron chi connectivity index (χ1n) is 4.89. The number of aliphatic hydroxyl groups excluding tert-OH is 1. The lowest BCUT2D eigenvalue weighted by molar-refractivity contribution is 0.141. The normalized spacial score (nSPS) is 15.0. The smallest absolute Gasteiger partial charge is 0.0691 e. The van der Waals surface area contributed by atoms with Gasteiger partial charge in [-0.25, -0.2) is 0 Å². The minimum absolute atomic E-state index is 0.219. The Balaban J connectivity index is 2.62. The molecule has 2 nitrogen and oxygen atoms in total. The summed E-state index contributed by atoms with van der Waals surface area (Å²) in [6, 6.07) is 5.28. The van der Waals surface area contributed by atoms with E-state index in [1.54, 1.807) is 13.0 Å². The standard InChI is InChI=1S/C11H15Cl2NO/c1-7(14)10(15)6-5-8-3-2-4-9(12)11(8)13/h2-4,7,10,15H,5-6,14H2,1H3. The maximum Gasteiger partial charge on any atom is 0.0691 e. The largest absolute Gasteiger partial charge is 0.392 e. The molecule has 84 valence electrons. The van der Waals surface area contributed by atoms with Crippen molar-refractivity contribution in [1.29, 1.82) is 0 Å². The van der Waals surface area contributed by atoms with E-state index in [1.165, 1.54) is 0 Å². The summed E-state index contributed by atoms with van der Waals surface area (Å²) in [5, 5.41) is 10.7. The van der Waals surface area contributed by atoms with Crippen molar-refractivity contribution in [2.45, 2.75) is 31.9 Å². The molecule has 1 aromatic rings. The van der Waals surface area contributed by atoms with Crippen LogP contribution in [0.2, 0.25) is 10.0 Å². The van der Waals surface area contributed by atoms with Crippen LogP contribution in [0.25, 0.3) is 0 Å². The van der Waals surface area contributed by atoms with Crippen LogP contribution >= 0.6 is 23.2 Å². The van der Waals surface area contributed by atoms with Gasteiger partial charge in [0.25, 0.3) is 0 Å². The molecule has 3 N–H and O–H groups in total. The highest BCUT2D eigenvalue weighted by Crippen LogP contribution is 2.26. The number of aliphatic hydroxyl groups is 1. The van der Waals surface area contributed by atoms with E-state index in [2.05, 4.69) is 0 Å². The Morgan fingerprint density at radius 1 is 1.40 bits per heavy atom. The molecule has 0 aromatic heterocycles. The maximum absolute atomic E-state index is 9.55. The van der Waals surface area contributed by atoms with Crippen LogP contribution in [0.1, 0.15) is 18.9 Å². The van der Waals surface area contributed by atoms with Crippen molar-refractivity contribution in [2.24, 2.45) is 5.73 Å². The molecule has 0 aliphatic carbocycles. The van der Waals surface area contributed by atoms with Crippen LogP contribution in [-0.4, -0.2) is 17.3 Å². The minimum Gasteiger partial charge on any atom is -0.392 e. The van der Waals surface area contributed by atoms with Crippen molar-refractivity contribution in [2.75, 3.05) is 0 Å². The molecule has 0 amide bonds. The molecule has 0 bridgehead atoms. The lowest BCUT2D eigenvalue weighted by Crippen LogP contribution is -2.31.